The minimum absolute atomic E-state index is 0.124. The number of aliphatic hydroxyl groups excluding tert-OH is 1. The number of hydrogen-bond acceptors (Lipinski definition) is 4. The van der Waals surface area contributed by atoms with Crippen molar-refractivity contribution in [1.29, 1.82) is 0 Å². The highest BCUT2D eigenvalue weighted by atomic mass is 32.1. The summed E-state index contributed by atoms with van der Waals surface area (Å²) in [6.45, 7) is 3.03. The molecule has 4 heteroatoms. The number of nitrogens with zero attached hydrogens (tertiary/aromatic N) is 1. The highest BCUT2D eigenvalue weighted by molar-refractivity contribution is 7.10. The van der Waals surface area contributed by atoms with E-state index in [4.69, 9.17) is 4.98 Å². The molecular formula is C17H22N2OS. The van der Waals surface area contributed by atoms with Gasteiger partial charge in [-0.15, -0.1) is 11.3 Å². The van der Waals surface area contributed by atoms with Gasteiger partial charge in [0.1, 0.15) is 5.01 Å². The molecule has 112 valence electrons. The second kappa shape index (κ2) is 6.69. The molecule has 1 saturated carbocycles. The van der Waals surface area contributed by atoms with Crippen LogP contribution >= 0.6 is 11.3 Å². The van der Waals surface area contributed by atoms with Crippen LogP contribution in [0.25, 0.3) is 11.3 Å². The predicted molar refractivity (Wildman–Crippen MR) is 87.3 cm³/mol. The zero-order valence-electron chi connectivity index (χ0n) is 12.3. The summed E-state index contributed by atoms with van der Waals surface area (Å²) in [5.41, 5.74) is 2.21. The van der Waals surface area contributed by atoms with Gasteiger partial charge in [0, 0.05) is 17.5 Å². The van der Waals surface area contributed by atoms with E-state index < -0.39 is 0 Å². The first-order valence-corrected chi connectivity index (χ1v) is 8.54. The minimum Gasteiger partial charge on any atom is -0.393 e. The molecule has 0 saturated heterocycles. The number of rotatable bonds is 5. The van der Waals surface area contributed by atoms with Crippen LogP contribution in [-0.4, -0.2) is 22.7 Å². The summed E-state index contributed by atoms with van der Waals surface area (Å²) in [6, 6.07) is 10.5. The second-order valence-corrected chi connectivity index (χ2v) is 6.71. The summed E-state index contributed by atoms with van der Waals surface area (Å²) in [5, 5.41) is 16.6. The maximum absolute atomic E-state index is 9.87. The second-order valence-electron chi connectivity index (χ2n) is 5.83. The molecule has 2 N–H and O–H groups in total. The van der Waals surface area contributed by atoms with E-state index in [9.17, 15) is 5.11 Å². The van der Waals surface area contributed by atoms with Crippen LogP contribution in [0.3, 0.4) is 0 Å². The number of nitrogens with one attached hydrogen (secondary N) is 1. The smallest absolute Gasteiger partial charge is 0.110 e. The van der Waals surface area contributed by atoms with Crippen LogP contribution in [-0.2, 0) is 0 Å². The van der Waals surface area contributed by atoms with Crippen molar-refractivity contribution in [1.82, 2.24) is 10.3 Å². The maximum atomic E-state index is 9.87. The van der Waals surface area contributed by atoms with Gasteiger partial charge in [0.05, 0.1) is 17.8 Å². The van der Waals surface area contributed by atoms with Gasteiger partial charge in [-0.3, -0.25) is 0 Å². The average molecular weight is 302 g/mol. The molecule has 0 spiro atoms. The highest BCUT2D eigenvalue weighted by Gasteiger charge is 2.25. The van der Waals surface area contributed by atoms with Gasteiger partial charge >= 0.3 is 0 Å². The molecule has 1 heterocycles. The first-order chi connectivity index (χ1) is 10.2. The molecule has 21 heavy (non-hydrogen) atoms. The Morgan fingerprint density at radius 3 is 2.86 bits per heavy atom. The Hall–Kier alpha value is -1.23. The van der Waals surface area contributed by atoms with Crippen molar-refractivity contribution < 1.29 is 5.11 Å². The molecule has 0 bridgehead atoms. The summed E-state index contributed by atoms with van der Waals surface area (Å²) in [5.74, 6) is 0.404. The lowest BCUT2D eigenvalue weighted by Crippen LogP contribution is -2.29. The third-order valence-corrected chi connectivity index (χ3v) is 5.29. The van der Waals surface area contributed by atoms with E-state index in [-0.39, 0.29) is 12.1 Å². The Morgan fingerprint density at radius 1 is 1.33 bits per heavy atom. The third kappa shape index (κ3) is 3.51. The highest BCUT2D eigenvalue weighted by Crippen LogP contribution is 2.27. The number of hydrogen-bond donors (Lipinski definition) is 2. The molecule has 3 rings (SSSR count). The van der Waals surface area contributed by atoms with E-state index in [1.807, 2.05) is 18.2 Å². The Bertz CT molecular complexity index is 569. The first kappa shape index (κ1) is 14.7. The monoisotopic (exact) mass is 302 g/mol. The lowest BCUT2D eigenvalue weighted by Gasteiger charge is -2.18. The first-order valence-electron chi connectivity index (χ1n) is 7.66. The van der Waals surface area contributed by atoms with Gasteiger partial charge in [-0.1, -0.05) is 36.8 Å². The van der Waals surface area contributed by atoms with E-state index in [1.54, 1.807) is 11.3 Å². The molecule has 1 aromatic carbocycles. The van der Waals surface area contributed by atoms with Gasteiger partial charge in [-0.25, -0.2) is 4.98 Å². The molecule has 1 aromatic heterocycles. The summed E-state index contributed by atoms with van der Waals surface area (Å²) < 4.78 is 0. The summed E-state index contributed by atoms with van der Waals surface area (Å²) in [7, 11) is 0. The van der Waals surface area contributed by atoms with Gasteiger partial charge in [0.15, 0.2) is 0 Å². The van der Waals surface area contributed by atoms with Crippen molar-refractivity contribution in [2.45, 2.75) is 38.3 Å². The Balaban J connectivity index is 1.60. The summed E-state index contributed by atoms with van der Waals surface area (Å²) in [6.07, 6.45) is 3.11. The van der Waals surface area contributed by atoms with Crippen molar-refractivity contribution in [3.8, 4) is 11.3 Å². The summed E-state index contributed by atoms with van der Waals surface area (Å²) >= 11 is 1.70. The molecule has 3 unspecified atom stereocenters. The normalized spacial score (nSPS) is 23.3. The van der Waals surface area contributed by atoms with Crippen LogP contribution in [0.4, 0.5) is 0 Å². The zero-order chi connectivity index (χ0) is 14.7. The fourth-order valence-electron chi connectivity index (χ4n) is 2.90. The fourth-order valence-corrected chi connectivity index (χ4v) is 3.76. The van der Waals surface area contributed by atoms with Crippen LogP contribution in [0.5, 0.6) is 0 Å². The molecule has 3 atom stereocenters. The Kier molecular flexibility index (Phi) is 4.68. The zero-order valence-corrected chi connectivity index (χ0v) is 13.1. The van der Waals surface area contributed by atoms with Gasteiger partial charge < -0.3 is 10.4 Å². The largest absolute Gasteiger partial charge is 0.393 e. The minimum atomic E-state index is -0.124. The molecule has 1 fully saturated rings. The lowest BCUT2D eigenvalue weighted by atomic mass is 10.1. The molecule has 0 radical (unpaired) electrons. The van der Waals surface area contributed by atoms with E-state index in [1.165, 1.54) is 5.56 Å². The Morgan fingerprint density at radius 2 is 2.14 bits per heavy atom. The number of benzene rings is 1. The van der Waals surface area contributed by atoms with Crippen molar-refractivity contribution >= 4 is 11.3 Å². The molecule has 3 nitrogen and oxygen atoms in total. The molecule has 0 aliphatic heterocycles. The standard InChI is InChI=1S/C17H22N2OS/c1-12(18-10-14-8-5-9-16(14)20)17-19-15(11-21-17)13-6-3-2-4-7-13/h2-4,6-7,11-12,14,16,18,20H,5,8-10H2,1H3. The van der Waals surface area contributed by atoms with E-state index in [0.717, 1.165) is 36.5 Å². The third-order valence-electron chi connectivity index (χ3n) is 4.27. The van der Waals surface area contributed by atoms with Crippen LogP contribution in [0, 0.1) is 5.92 Å². The topological polar surface area (TPSA) is 45.1 Å². The Labute approximate surface area is 130 Å². The van der Waals surface area contributed by atoms with Crippen LogP contribution in [0.15, 0.2) is 35.7 Å². The molecular weight excluding hydrogens is 280 g/mol. The van der Waals surface area contributed by atoms with Gasteiger partial charge in [-0.2, -0.15) is 0 Å². The molecule has 2 aromatic rings. The van der Waals surface area contributed by atoms with Gasteiger partial charge in [-0.05, 0) is 25.7 Å². The van der Waals surface area contributed by atoms with Crippen LogP contribution < -0.4 is 5.32 Å². The lowest BCUT2D eigenvalue weighted by molar-refractivity contribution is 0.130. The molecule has 1 aliphatic rings. The van der Waals surface area contributed by atoms with Crippen LogP contribution in [0.2, 0.25) is 0 Å². The number of aromatic nitrogens is 1. The van der Waals surface area contributed by atoms with Gasteiger partial charge in [0.2, 0.25) is 0 Å². The van der Waals surface area contributed by atoms with Crippen molar-refractivity contribution in [2.24, 2.45) is 5.92 Å². The van der Waals surface area contributed by atoms with Crippen molar-refractivity contribution in [3.63, 3.8) is 0 Å². The fraction of sp³-hybridized carbons (Fsp3) is 0.471. The number of aliphatic hydroxyl groups is 1. The summed E-state index contributed by atoms with van der Waals surface area (Å²) in [4.78, 5) is 4.74. The van der Waals surface area contributed by atoms with E-state index in [0.29, 0.717) is 5.92 Å². The average Bonchev–Trinajstić information content (AvgIpc) is 3.15. The maximum Gasteiger partial charge on any atom is 0.110 e. The van der Waals surface area contributed by atoms with Crippen molar-refractivity contribution in [3.05, 3.63) is 40.7 Å². The van der Waals surface area contributed by atoms with E-state index >= 15 is 0 Å². The SMILES string of the molecule is CC(NCC1CCCC1O)c1nc(-c2ccccc2)cs1. The van der Waals surface area contributed by atoms with E-state index in [2.05, 4.69) is 29.8 Å². The molecule has 1 aliphatic carbocycles. The van der Waals surface area contributed by atoms with Crippen LogP contribution in [0.1, 0.15) is 37.2 Å². The number of thiazole rings is 1. The predicted octanol–water partition coefficient (Wildman–Crippen LogP) is 3.62. The quantitative estimate of drug-likeness (QED) is 0.886. The van der Waals surface area contributed by atoms with Gasteiger partial charge in [0.25, 0.3) is 0 Å². The van der Waals surface area contributed by atoms with Crippen molar-refractivity contribution in [2.75, 3.05) is 6.54 Å². The molecule has 0 amide bonds.